The number of nitrogens with two attached hydrogens (primary N) is 1. The third kappa shape index (κ3) is 4.37. The van der Waals surface area contributed by atoms with Crippen LogP contribution in [0, 0.1) is 0 Å². The van der Waals surface area contributed by atoms with Crippen molar-refractivity contribution in [3.05, 3.63) is 24.3 Å². The second kappa shape index (κ2) is 7.51. The van der Waals surface area contributed by atoms with Crippen LogP contribution < -0.4 is 5.73 Å². The number of thioether (sulfide) groups is 1. The molecule has 0 atom stereocenters. The summed E-state index contributed by atoms with van der Waals surface area (Å²) in [6.07, 6.45) is 4.30. The van der Waals surface area contributed by atoms with Gasteiger partial charge in [-0.05, 0) is 25.0 Å². The van der Waals surface area contributed by atoms with Gasteiger partial charge in [0.15, 0.2) is 0 Å². The molecule has 1 aromatic rings. The van der Waals surface area contributed by atoms with Gasteiger partial charge in [-0.15, -0.1) is 11.8 Å². The summed E-state index contributed by atoms with van der Waals surface area (Å²) in [4.78, 5) is 0.955. The Morgan fingerprint density at radius 2 is 1.95 bits per heavy atom. The summed E-state index contributed by atoms with van der Waals surface area (Å²) in [5, 5.41) is 0. The van der Waals surface area contributed by atoms with Gasteiger partial charge in [0.1, 0.15) is 0 Å². The Kier molecular flexibility index (Phi) is 5.96. The van der Waals surface area contributed by atoms with E-state index in [4.69, 9.17) is 5.73 Å². The van der Waals surface area contributed by atoms with Crippen LogP contribution in [0.15, 0.2) is 29.2 Å². The van der Waals surface area contributed by atoms with Crippen molar-refractivity contribution < 1.29 is 8.42 Å². The molecular formula is C15H24N2O2S2. The van der Waals surface area contributed by atoms with Gasteiger partial charge in [0.05, 0.1) is 5.75 Å². The summed E-state index contributed by atoms with van der Waals surface area (Å²) in [5.74, 6) is 0.718. The van der Waals surface area contributed by atoms with Gasteiger partial charge in [-0.2, -0.15) is 4.31 Å². The number of para-hydroxylation sites is 1. The highest BCUT2D eigenvalue weighted by molar-refractivity contribution is 8.00. The minimum absolute atomic E-state index is 0.177. The van der Waals surface area contributed by atoms with Crippen LogP contribution in [0.3, 0.4) is 0 Å². The van der Waals surface area contributed by atoms with Crippen molar-refractivity contribution in [3.8, 4) is 0 Å². The molecule has 1 saturated carbocycles. The third-order valence-electron chi connectivity index (χ3n) is 3.92. The zero-order valence-corrected chi connectivity index (χ0v) is 14.1. The molecule has 1 aliphatic carbocycles. The summed E-state index contributed by atoms with van der Waals surface area (Å²) in [6, 6.07) is 7.79. The minimum Gasteiger partial charge on any atom is -0.398 e. The smallest absolute Gasteiger partial charge is 0.215 e. The van der Waals surface area contributed by atoms with Gasteiger partial charge >= 0.3 is 0 Å². The lowest BCUT2D eigenvalue weighted by Gasteiger charge is -2.26. The van der Waals surface area contributed by atoms with Gasteiger partial charge in [-0.25, -0.2) is 8.42 Å². The van der Waals surface area contributed by atoms with E-state index in [0.717, 1.165) is 30.6 Å². The van der Waals surface area contributed by atoms with E-state index < -0.39 is 10.0 Å². The van der Waals surface area contributed by atoms with E-state index in [0.29, 0.717) is 18.0 Å². The zero-order valence-electron chi connectivity index (χ0n) is 12.5. The van der Waals surface area contributed by atoms with Crippen LogP contribution in [0.2, 0.25) is 0 Å². The second-order valence-electron chi connectivity index (χ2n) is 5.34. The number of anilines is 1. The highest BCUT2D eigenvalue weighted by Gasteiger charge is 2.30. The van der Waals surface area contributed by atoms with Gasteiger partial charge in [-0.3, -0.25) is 0 Å². The van der Waals surface area contributed by atoms with Crippen molar-refractivity contribution in [3.63, 3.8) is 0 Å². The number of nitrogen functional groups attached to an aromatic ring is 1. The summed E-state index contributed by atoms with van der Waals surface area (Å²) in [5.41, 5.74) is 6.59. The quantitative estimate of drug-likeness (QED) is 0.617. The lowest BCUT2D eigenvalue weighted by Crippen LogP contribution is -2.40. The van der Waals surface area contributed by atoms with Crippen molar-refractivity contribution in [2.45, 2.75) is 43.5 Å². The van der Waals surface area contributed by atoms with Crippen LogP contribution in [-0.4, -0.2) is 36.8 Å². The molecule has 1 aliphatic rings. The summed E-state index contributed by atoms with van der Waals surface area (Å²) >= 11 is 1.51. The molecule has 0 aromatic heterocycles. The molecule has 0 bridgehead atoms. The number of rotatable bonds is 7. The van der Waals surface area contributed by atoms with Gasteiger partial charge < -0.3 is 5.73 Å². The molecule has 0 spiro atoms. The van der Waals surface area contributed by atoms with Gasteiger partial charge in [0.25, 0.3) is 0 Å². The molecule has 6 heteroatoms. The van der Waals surface area contributed by atoms with E-state index in [-0.39, 0.29) is 11.8 Å². The molecule has 0 radical (unpaired) electrons. The monoisotopic (exact) mass is 328 g/mol. The topological polar surface area (TPSA) is 63.4 Å². The molecule has 0 aliphatic heterocycles. The Hall–Kier alpha value is -0.720. The summed E-state index contributed by atoms with van der Waals surface area (Å²) in [7, 11) is -3.17. The fraction of sp³-hybridized carbons (Fsp3) is 0.600. The predicted octanol–water partition coefficient (Wildman–Crippen LogP) is 2.96. The van der Waals surface area contributed by atoms with E-state index in [1.54, 1.807) is 4.31 Å². The first kappa shape index (κ1) is 16.6. The van der Waals surface area contributed by atoms with Gasteiger partial charge in [-0.1, -0.05) is 31.9 Å². The van der Waals surface area contributed by atoms with Crippen LogP contribution in [0.5, 0.6) is 0 Å². The van der Waals surface area contributed by atoms with Crippen molar-refractivity contribution in [1.29, 1.82) is 0 Å². The second-order valence-corrected chi connectivity index (χ2v) is 8.52. The number of hydrogen-bond acceptors (Lipinski definition) is 4. The van der Waals surface area contributed by atoms with E-state index in [2.05, 4.69) is 0 Å². The lowest BCUT2D eigenvalue weighted by atomic mass is 10.2. The third-order valence-corrected chi connectivity index (χ3v) is 7.26. The lowest BCUT2D eigenvalue weighted by molar-refractivity contribution is 0.336. The molecule has 21 heavy (non-hydrogen) atoms. The predicted molar refractivity (Wildman–Crippen MR) is 90.0 cm³/mol. The number of nitrogens with zero attached hydrogens (tertiary/aromatic N) is 1. The fourth-order valence-electron chi connectivity index (χ4n) is 2.86. The first-order valence-corrected chi connectivity index (χ1v) is 10.1. The molecule has 2 N–H and O–H groups in total. The molecule has 1 aromatic carbocycles. The maximum atomic E-state index is 12.5. The number of hydrogen-bond donors (Lipinski definition) is 1. The van der Waals surface area contributed by atoms with Crippen molar-refractivity contribution in [2.24, 2.45) is 0 Å². The Morgan fingerprint density at radius 3 is 2.57 bits per heavy atom. The summed E-state index contributed by atoms with van der Waals surface area (Å²) < 4.78 is 26.7. The number of benzene rings is 1. The molecule has 118 valence electrons. The SMILES string of the molecule is CCN(C1CCCC1)S(=O)(=O)CCSc1ccccc1N. The molecule has 0 amide bonds. The van der Waals surface area contributed by atoms with Crippen LogP contribution in [0.4, 0.5) is 5.69 Å². The molecule has 4 nitrogen and oxygen atoms in total. The Morgan fingerprint density at radius 1 is 1.29 bits per heavy atom. The first-order chi connectivity index (χ1) is 10.0. The number of sulfonamides is 1. The highest BCUT2D eigenvalue weighted by atomic mass is 32.2. The average molecular weight is 329 g/mol. The van der Waals surface area contributed by atoms with E-state index in [1.165, 1.54) is 11.8 Å². The van der Waals surface area contributed by atoms with E-state index >= 15 is 0 Å². The maximum Gasteiger partial charge on any atom is 0.215 e. The first-order valence-electron chi connectivity index (χ1n) is 7.51. The van der Waals surface area contributed by atoms with Crippen LogP contribution in [0.25, 0.3) is 0 Å². The standard InChI is InChI=1S/C15H24N2O2S2/c1-2-17(13-7-3-4-8-13)21(18,19)12-11-20-15-10-6-5-9-14(15)16/h5-6,9-10,13H,2-4,7-8,11-12,16H2,1H3. The summed E-state index contributed by atoms with van der Waals surface area (Å²) in [6.45, 7) is 2.50. The van der Waals surface area contributed by atoms with Crippen molar-refractivity contribution >= 4 is 27.5 Å². The Labute approximate surface area is 132 Å². The van der Waals surface area contributed by atoms with Crippen LogP contribution in [-0.2, 0) is 10.0 Å². The Balaban J connectivity index is 1.92. The van der Waals surface area contributed by atoms with Gasteiger partial charge in [0.2, 0.25) is 10.0 Å². The molecular weight excluding hydrogens is 304 g/mol. The molecule has 0 saturated heterocycles. The minimum atomic E-state index is -3.17. The van der Waals surface area contributed by atoms with E-state index in [1.807, 2.05) is 31.2 Å². The van der Waals surface area contributed by atoms with Crippen LogP contribution in [0.1, 0.15) is 32.6 Å². The maximum absolute atomic E-state index is 12.5. The van der Waals surface area contributed by atoms with Crippen molar-refractivity contribution in [2.75, 3.05) is 23.8 Å². The molecule has 0 heterocycles. The fourth-order valence-corrected chi connectivity index (χ4v) is 5.96. The van der Waals surface area contributed by atoms with Crippen LogP contribution >= 0.6 is 11.8 Å². The molecule has 2 rings (SSSR count). The zero-order chi connectivity index (χ0) is 15.3. The average Bonchev–Trinajstić information content (AvgIpc) is 2.95. The van der Waals surface area contributed by atoms with Crippen molar-refractivity contribution in [1.82, 2.24) is 4.31 Å². The highest BCUT2D eigenvalue weighted by Crippen LogP contribution is 2.27. The molecule has 1 fully saturated rings. The molecule has 0 unspecified atom stereocenters. The normalized spacial score (nSPS) is 16.7. The van der Waals surface area contributed by atoms with Gasteiger partial charge in [0, 0.05) is 28.9 Å². The largest absolute Gasteiger partial charge is 0.398 e. The Bertz CT molecular complexity index is 555. The van der Waals surface area contributed by atoms with E-state index in [9.17, 15) is 8.42 Å².